The number of hydrogen-bond donors (Lipinski definition) is 1. The minimum Gasteiger partial charge on any atom is -0.329 e. The van der Waals surface area contributed by atoms with Gasteiger partial charge in [0.15, 0.2) is 0 Å². The van der Waals surface area contributed by atoms with Gasteiger partial charge >= 0.3 is 0 Å². The van der Waals surface area contributed by atoms with Crippen LogP contribution in [0.1, 0.15) is 35.1 Å². The predicted molar refractivity (Wildman–Crippen MR) is 127 cm³/mol. The van der Waals surface area contributed by atoms with E-state index in [0.717, 1.165) is 29.7 Å². The van der Waals surface area contributed by atoms with Crippen LogP contribution in [0.3, 0.4) is 0 Å². The van der Waals surface area contributed by atoms with E-state index in [4.69, 9.17) is 4.98 Å². The molecule has 174 valence electrons. The monoisotopic (exact) mass is 478 g/mol. The summed E-state index contributed by atoms with van der Waals surface area (Å²) in [5.74, 6) is -0.143. The number of sulfonamides is 1. The number of hydrogen-bond acceptors (Lipinski definition) is 4. The molecule has 1 aliphatic rings. The molecule has 0 aliphatic carbocycles. The summed E-state index contributed by atoms with van der Waals surface area (Å²) in [6.45, 7) is 0.553. The van der Waals surface area contributed by atoms with E-state index in [9.17, 15) is 17.6 Å². The molecule has 1 atom stereocenters. The molecule has 3 aromatic carbocycles. The van der Waals surface area contributed by atoms with Crippen LogP contribution in [-0.4, -0.2) is 35.3 Å². The molecule has 34 heavy (non-hydrogen) atoms. The average molecular weight is 479 g/mol. The first-order valence-electron chi connectivity index (χ1n) is 10.9. The van der Waals surface area contributed by atoms with Crippen LogP contribution in [-0.2, 0) is 17.1 Å². The van der Waals surface area contributed by atoms with Crippen molar-refractivity contribution in [1.29, 1.82) is 0 Å². The molecule has 1 aromatic heterocycles. The van der Waals surface area contributed by atoms with Gasteiger partial charge in [0, 0.05) is 19.2 Å². The van der Waals surface area contributed by atoms with Gasteiger partial charge in [0.1, 0.15) is 11.6 Å². The molecule has 1 amide bonds. The molecule has 7 nitrogen and oxygen atoms in total. The Kier molecular flexibility index (Phi) is 5.57. The normalized spacial score (nSPS) is 16.2. The number of fused-ring (bicyclic) bond motifs is 1. The highest BCUT2D eigenvalue weighted by Crippen LogP contribution is 2.34. The zero-order valence-corrected chi connectivity index (χ0v) is 19.3. The van der Waals surface area contributed by atoms with Crippen molar-refractivity contribution in [2.75, 3.05) is 11.3 Å². The van der Waals surface area contributed by atoms with Crippen LogP contribution in [0.25, 0.3) is 11.0 Å². The number of nitrogens with one attached hydrogen (secondary N) is 1. The van der Waals surface area contributed by atoms with Crippen LogP contribution in [0, 0.1) is 5.82 Å². The number of amides is 1. The molecule has 0 unspecified atom stereocenters. The van der Waals surface area contributed by atoms with Gasteiger partial charge in [-0.15, -0.1) is 0 Å². The maximum Gasteiger partial charge on any atom is 0.262 e. The lowest BCUT2D eigenvalue weighted by Gasteiger charge is -2.24. The van der Waals surface area contributed by atoms with Crippen LogP contribution in [0.15, 0.2) is 77.7 Å². The molecule has 0 saturated carbocycles. The highest BCUT2D eigenvalue weighted by molar-refractivity contribution is 7.92. The summed E-state index contributed by atoms with van der Waals surface area (Å²) in [5, 5.41) is 0. The second-order valence-corrected chi connectivity index (χ2v) is 9.97. The summed E-state index contributed by atoms with van der Waals surface area (Å²) in [6.07, 6.45) is 1.60. The Balaban J connectivity index is 1.44. The van der Waals surface area contributed by atoms with Crippen molar-refractivity contribution in [2.24, 2.45) is 7.05 Å². The van der Waals surface area contributed by atoms with Gasteiger partial charge in [0.05, 0.1) is 27.7 Å². The Morgan fingerprint density at radius 2 is 1.82 bits per heavy atom. The van der Waals surface area contributed by atoms with Gasteiger partial charge in [0.25, 0.3) is 15.9 Å². The van der Waals surface area contributed by atoms with Gasteiger partial charge in [-0.3, -0.25) is 9.52 Å². The third kappa shape index (κ3) is 3.92. The molecule has 5 rings (SSSR count). The number of anilines is 1. The van der Waals surface area contributed by atoms with Crippen molar-refractivity contribution < 1.29 is 17.6 Å². The number of carbonyl (C=O) groups excluding carboxylic acids is 1. The zero-order valence-electron chi connectivity index (χ0n) is 18.5. The number of aryl methyl sites for hydroxylation is 1. The van der Waals surface area contributed by atoms with Crippen LogP contribution in [0.4, 0.5) is 10.1 Å². The third-order valence-electron chi connectivity index (χ3n) is 6.14. The SMILES string of the molecule is Cn1c([C@@H]2CCCN2C(=O)c2cccc(S(=O)(=O)Nc3ccccc3F)c2)nc2ccccc21. The second kappa shape index (κ2) is 8.57. The first-order chi connectivity index (χ1) is 16.3. The van der Waals surface area contributed by atoms with Gasteiger partial charge in [-0.1, -0.05) is 30.3 Å². The Hall–Kier alpha value is -3.72. The van der Waals surface area contributed by atoms with Gasteiger partial charge in [-0.25, -0.2) is 17.8 Å². The van der Waals surface area contributed by atoms with Gasteiger partial charge in [0.2, 0.25) is 0 Å². The number of halogens is 1. The van der Waals surface area contributed by atoms with Crippen LogP contribution in [0.5, 0.6) is 0 Å². The van der Waals surface area contributed by atoms with Gasteiger partial charge < -0.3 is 9.47 Å². The lowest BCUT2D eigenvalue weighted by atomic mass is 10.1. The largest absolute Gasteiger partial charge is 0.329 e. The summed E-state index contributed by atoms with van der Waals surface area (Å²) in [6, 6.07) is 19.0. The van der Waals surface area contributed by atoms with Crippen molar-refractivity contribution >= 4 is 32.7 Å². The van der Waals surface area contributed by atoms with Crippen LogP contribution < -0.4 is 4.72 Å². The molecule has 2 heterocycles. The first kappa shape index (κ1) is 22.1. The molecule has 9 heteroatoms. The molecule has 0 spiro atoms. The minimum absolute atomic E-state index is 0.111. The predicted octanol–water partition coefficient (Wildman–Crippen LogP) is 4.49. The smallest absolute Gasteiger partial charge is 0.262 e. The summed E-state index contributed by atoms with van der Waals surface area (Å²) >= 11 is 0. The molecule has 1 N–H and O–H groups in total. The van der Waals surface area contributed by atoms with Crippen molar-refractivity contribution in [3.05, 3.63) is 90.0 Å². The fourth-order valence-corrected chi connectivity index (χ4v) is 5.56. The summed E-state index contributed by atoms with van der Waals surface area (Å²) in [7, 11) is -2.14. The average Bonchev–Trinajstić information content (AvgIpc) is 3.45. The fraction of sp³-hybridized carbons (Fsp3) is 0.200. The second-order valence-electron chi connectivity index (χ2n) is 8.29. The van der Waals surface area contributed by atoms with Crippen molar-refractivity contribution in [3.63, 3.8) is 0 Å². The van der Waals surface area contributed by atoms with Crippen molar-refractivity contribution in [2.45, 2.75) is 23.8 Å². The standard InChI is InChI=1S/C25H23FN4O3S/c1-29-22-13-5-4-12-21(22)27-24(29)23-14-7-15-30(23)25(31)17-8-6-9-18(16-17)34(32,33)28-20-11-3-2-10-19(20)26/h2-6,8-13,16,23,28H,7,14-15H2,1H3/t23-/m0/s1. The van der Waals surface area contributed by atoms with E-state index in [-0.39, 0.29) is 28.1 Å². The fourth-order valence-electron chi connectivity index (χ4n) is 4.45. The van der Waals surface area contributed by atoms with Crippen LogP contribution in [0.2, 0.25) is 0 Å². The quantitative estimate of drug-likeness (QED) is 0.458. The van der Waals surface area contributed by atoms with E-state index in [1.807, 2.05) is 35.9 Å². The van der Waals surface area contributed by atoms with Gasteiger partial charge in [-0.2, -0.15) is 0 Å². The number of carbonyl (C=O) groups is 1. The lowest BCUT2D eigenvalue weighted by molar-refractivity contribution is 0.0728. The van der Waals surface area contributed by atoms with E-state index in [2.05, 4.69) is 4.72 Å². The Labute approximate surface area is 196 Å². The Morgan fingerprint density at radius 3 is 2.62 bits per heavy atom. The highest BCUT2D eigenvalue weighted by atomic mass is 32.2. The number of nitrogens with zero attached hydrogens (tertiary/aromatic N) is 3. The highest BCUT2D eigenvalue weighted by Gasteiger charge is 2.34. The van der Waals surface area contributed by atoms with Gasteiger partial charge in [-0.05, 0) is 55.3 Å². The number of rotatable bonds is 5. The summed E-state index contributed by atoms with van der Waals surface area (Å²) < 4.78 is 44.0. The molecule has 1 saturated heterocycles. The number of likely N-dealkylation sites (tertiary alicyclic amines) is 1. The molecule has 4 aromatic rings. The number of para-hydroxylation sites is 3. The topological polar surface area (TPSA) is 84.3 Å². The number of imidazole rings is 1. The maximum atomic E-state index is 14.0. The summed E-state index contributed by atoms with van der Waals surface area (Å²) in [5.41, 5.74) is 1.96. The zero-order chi connectivity index (χ0) is 23.9. The minimum atomic E-state index is -4.08. The maximum absolute atomic E-state index is 14.0. The van der Waals surface area contributed by atoms with E-state index < -0.39 is 15.8 Å². The third-order valence-corrected chi connectivity index (χ3v) is 7.51. The molecule has 0 radical (unpaired) electrons. The molecular formula is C25H23FN4O3S. The first-order valence-corrected chi connectivity index (χ1v) is 12.4. The molecule has 1 fully saturated rings. The van der Waals surface area contributed by atoms with E-state index in [1.54, 1.807) is 11.0 Å². The molecular weight excluding hydrogens is 455 g/mol. The summed E-state index contributed by atoms with van der Waals surface area (Å²) in [4.78, 5) is 19.9. The molecule has 0 bridgehead atoms. The molecule has 1 aliphatic heterocycles. The number of aromatic nitrogens is 2. The number of benzene rings is 3. The Morgan fingerprint density at radius 1 is 1.06 bits per heavy atom. The van der Waals surface area contributed by atoms with Crippen molar-refractivity contribution in [1.82, 2.24) is 14.5 Å². The van der Waals surface area contributed by atoms with Crippen molar-refractivity contribution in [3.8, 4) is 0 Å². The van der Waals surface area contributed by atoms with Crippen LogP contribution >= 0.6 is 0 Å². The lowest BCUT2D eigenvalue weighted by Crippen LogP contribution is -2.32. The van der Waals surface area contributed by atoms with E-state index >= 15 is 0 Å². The van der Waals surface area contributed by atoms with E-state index in [0.29, 0.717) is 6.54 Å². The Bertz CT molecular complexity index is 1500. The van der Waals surface area contributed by atoms with E-state index in [1.165, 1.54) is 42.5 Å².